The molecule has 0 saturated carbocycles. The molecule has 0 fully saturated rings. The van der Waals surface area contributed by atoms with E-state index < -0.39 is 6.10 Å². The van der Waals surface area contributed by atoms with Gasteiger partial charge in [0, 0.05) is 13.1 Å². The lowest BCUT2D eigenvalue weighted by Crippen LogP contribution is -2.40. The minimum atomic E-state index is -0.511. The maximum absolute atomic E-state index is 12.9. The quantitative estimate of drug-likeness (QED) is 0.704. The van der Waals surface area contributed by atoms with Crippen molar-refractivity contribution in [1.82, 2.24) is 14.7 Å². The van der Waals surface area contributed by atoms with Crippen molar-refractivity contribution >= 4 is 17.2 Å². The molecule has 0 unspecified atom stereocenters. The maximum Gasteiger partial charge on any atom is 0.263 e. The third-order valence-electron chi connectivity index (χ3n) is 4.50. The van der Waals surface area contributed by atoms with Crippen LogP contribution in [0.2, 0.25) is 0 Å². The van der Waals surface area contributed by atoms with E-state index in [1.165, 1.54) is 0 Å². The van der Waals surface area contributed by atoms with Crippen LogP contribution in [0.25, 0.3) is 10.6 Å². The lowest BCUT2D eigenvalue weighted by atomic mass is 10.2. The summed E-state index contributed by atoms with van der Waals surface area (Å²) in [5, 5.41) is 6.77. The van der Waals surface area contributed by atoms with Gasteiger partial charge in [-0.25, -0.2) is 0 Å². The largest absolute Gasteiger partial charge is 0.481 e. The first-order valence-electron chi connectivity index (χ1n) is 8.82. The van der Waals surface area contributed by atoms with Crippen molar-refractivity contribution in [2.45, 2.75) is 32.5 Å². The Morgan fingerprint density at radius 2 is 2.04 bits per heavy atom. The molecule has 0 radical (unpaired) electrons. The van der Waals surface area contributed by atoms with Crippen LogP contribution in [0.5, 0.6) is 5.75 Å². The Bertz CT molecular complexity index is 874. The monoisotopic (exact) mass is 367 g/mol. The molecule has 6 heteroatoms. The second-order valence-electron chi connectivity index (χ2n) is 6.41. The number of aromatic nitrogens is 2. The van der Waals surface area contributed by atoms with Gasteiger partial charge in [-0.3, -0.25) is 9.48 Å². The Balaban J connectivity index is 1.48. The molecule has 4 rings (SSSR count). The van der Waals surface area contributed by atoms with E-state index in [1.54, 1.807) is 11.3 Å². The van der Waals surface area contributed by atoms with Crippen LogP contribution < -0.4 is 4.74 Å². The molecule has 2 aromatic heterocycles. The molecule has 1 atom stereocenters. The summed E-state index contributed by atoms with van der Waals surface area (Å²) in [6.07, 6.45) is 0.381. The van der Waals surface area contributed by atoms with Gasteiger partial charge in [-0.2, -0.15) is 5.10 Å². The van der Waals surface area contributed by atoms with Crippen LogP contribution in [0.4, 0.5) is 0 Å². The first kappa shape index (κ1) is 16.8. The fourth-order valence-corrected chi connectivity index (χ4v) is 3.89. The van der Waals surface area contributed by atoms with E-state index in [1.807, 2.05) is 52.9 Å². The number of benzene rings is 1. The predicted molar refractivity (Wildman–Crippen MR) is 102 cm³/mol. The highest BCUT2D eigenvalue weighted by Crippen LogP contribution is 2.26. The lowest BCUT2D eigenvalue weighted by molar-refractivity contribution is -0.138. The number of carbonyl (C=O) groups is 1. The normalized spacial score (nSPS) is 15.2. The Kier molecular flexibility index (Phi) is 4.75. The van der Waals surface area contributed by atoms with Gasteiger partial charge in [0.25, 0.3) is 5.91 Å². The van der Waals surface area contributed by atoms with Crippen molar-refractivity contribution in [2.24, 2.45) is 0 Å². The summed E-state index contributed by atoms with van der Waals surface area (Å²) < 4.78 is 7.84. The van der Waals surface area contributed by atoms with E-state index in [-0.39, 0.29) is 5.91 Å². The molecule has 1 aliphatic heterocycles. The predicted octanol–water partition coefficient (Wildman–Crippen LogP) is 3.81. The molecule has 3 heterocycles. The number of nitrogens with zero attached hydrogens (tertiary/aromatic N) is 3. The van der Waals surface area contributed by atoms with Gasteiger partial charge in [-0.05, 0) is 43.0 Å². The zero-order chi connectivity index (χ0) is 17.9. The van der Waals surface area contributed by atoms with Crippen LogP contribution in [-0.4, -0.2) is 33.2 Å². The topological polar surface area (TPSA) is 47.4 Å². The molecule has 134 valence electrons. The van der Waals surface area contributed by atoms with Gasteiger partial charge >= 0.3 is 0 Å². The van der Waals surface area contributed by atoms with Crippen molar-refractivity contribution < 1.29 is 9.53 Å². The number of ether oxygens (including phenoxy) is 1. The number of carbonyl (C=O) groups excluding carboxylic acids is 1. The van der Waals surface area contributed by atoms with Gasteiger partial charge in [-0.1, -0.05) is 24.3 Å². The molecular weight excluding hydrogens is 346 g/mol. The van der Waals surface area contributed by atoms with E-state index in [0.717, 1.165) is 35.8 Å². The van der Waals surface area contributed by atoms with Crippen LogP contribution in [0, 0.1) is 0 Å². The average Bonchev–Trinajstić information content (AvgIpc) is 3.28. The summed E-state index contributed by atoms with van der Waals surface area (Å²) >= 11 is 1.68. The average molecular weight is 367 g/mol. The van der Waals surface area contributed by atoms with Crippen LogP contribution in [0.1, 0.15) is 19.0 Å². The first-order valence-corrected chi connectivity index (χ1v) is 9.70. The standard InChI is InChI=1S/C20H21N3O2S/c1-15(25-17-7-3-2-4-8-17)20(24)22-10-6-11-23-16(14-22)13-18(21-23)19-9-5-12-26-19/h2-5,7-9,12-13,15H,6,10-11,14H2,1H3/t15-/m1/s1. The van der Waals surface area contributed by atoms with Crippen molar-refractivity contribution in [3.05, 3.63) is 59.6 Å². The third-order valence-corrected chi connectivity index (χ3v) is 5.40. The maximum atomic E-state index is 12.9. The van der Waals surface area contributed by atoms with Crippen molar-refractivity contribution in [1.29, 1.82) is 0 Å². The highest BCUT2D eigenvalue weighted by molar-refractivity contribution is 7.13. The van der Waals surface area contributed by atoms with Gasteiger partial charge in [-0.15, -0.1) is 11.3 Å². The zero-order valence-corrected chi connectivity index (χ0v) is 15.5. The third kappa shape index (κ3) is 3.51. The molecule has 0 bridgehead atoms. The van der Waals surface area contributed by atoms with Crippen molar-refractivity contribution in [3.63, 3.8) is 0 Å². The van der Waals surface area contributed by atoms with Gasteiger partial charge in [0.2, 0.25) is 0 Å². The summed E-state index contributed by atoms with van der Waals surface area (Å²) in [6.45, 7) is 3.94. The molecule has 0 N–H and O–H groups in total. The van der Waals surface area contributed by atoms with Crippen LogP contribution in [0.3, 0.4) is 0 Å². The van der Waals surface area contributed by atoms with Gasteiger partial charge in [0.05, 0.1) is 17.1 Å². The number of para-hydroxylation sites is 1. The molecule has 0 aliphatic carbocycles. The number of thiophene rings is 1. The number of fused-ring (bicyclic) bond motifs is 1. The Hall–Kier alpha value is -2.60. The second-order valence-corrected chi connectivity index (χ2v) is 7.36. The molecular formula is C20H21N3O2S. The highest BCUT2D eigenvalue weighted by atomic mass is 32.1. The Morgan fingerprint density at radius 1 is 1.19 bits per heavy atom. The Labute approximate surface area is 156 Å². The fourth-order valence-electron chi connectivity index (χ4n) is 3.21. The first-order chi connectivity index (χ1) is 12.7. The number of hydrogen-bond donors (Lipinski definition) is 0. The summed E-state index contributed by atoms with van der Waals surface area (Å²) in [5.41, 5.74) is 2.06. The lowest BCUT2D eigenvalue weighted by Gasteiger charge is -2.24. The summed E-state index contributed by atoms with van der Waals surface area (Å²) in [4.78, 5) is 15.9. The minimum absolute atomic E-state index is 0.0150. The molecule has 26 heavy (non-hydrogen) atoms. The molecule has 0 spiro atoms. The van der Waals surface area contributed by atoms with Crippen molar-refractivity contribution in [2.75, 3.05) is 6.54 Å². The molecule has 0 saturated heterocycles. The number of hydrogen-bond acceptors (Lipinski definition) is 4. The number of aryl methyl sites for hydroxylation is 1. The second kappa shape index (κ2) is 7.33. The summed E-state index contributed by atoms with van der Waals surface area (Å²) in [7, 11) is 0. The van der Waals surface area contributed by atoms with E-state index in [9.17, 15) is 4.79 Å². The van der Waals surface area contributed by atoms with Gasteiger partial charge < -0.3 is 9.64 Å². The number of rotatable bonds is 4. The number of amides is 1. The minimum Gasteiger partial charge on any atom is -0.481 e. The van der Waals surface area contributed by atoms with E-state index in [4.69, 9.17) is 9.84 Å². The van der Waals surface area contributed by atoms with Crippen molar-refractivity contribution in [3.8, 4) is 16.3 Å². The molecule has 3 aromatic rings. The smallest absolute Gasteiger partial charge is 0.263 e. The SMILES string of the molecule is C[C@@H](Oc1ccccc1)C(=O)N1CCCn2nc(-c3cccs3)cc2C1. The molecule has 1 aromatic carbocycles. The molecule has 5 nitrogen and oxygen atoms in total. The zero-order valence-electron chi connectivity index (χ0n) is 14.7. The van der Waals surface area contributed by atoms with Gasteiger partial charge in [0.15, 0.2) is 6.10 Å². The molecule has 1 amide bonds. The fraction of sp³-hybridized carbons (Fsp3) is 0.300. The van der Waals surface area contributed by atoms with Crippen LogP contribution in [0.15, 0.2) is 53.9 Å². The molecule has 1 aliphatic rings. The van der Waals surface area contributed by atoms with Crippen LogP contribution in [-0.2, 0) is 17.9 Å². The van der Waals surface area contributed by atoms with E-state index in [0.29, 0.717) is 12.3 Å². The van der Waals surface area contributed by atoms with Crippen LogP contribution >= 0.6 is 11.3 Å². The Morgan fingerprint density at radius 3 is 2.81 bits per heavy atom. The van der Waals surface area contributed by atoms with E-state index >= 15 is 0 Å². The summed E-state index contributed by atoms with van der Waals surface area (Å²) in [5.74, 6) is 0.731. The van der Waals surface area contributed by atoms with E-state index in [2.05, 4.69) is 17.5 Å². The highest BCUT2D eigenvalue weighted by Gasteiger charge is 2.25. The summed E-state index contributed by atoms with van der Waals surface area (Å²) in [6, 6.07) is 15.7. The van der Waals surface area contributed by atoms with Gasteiger partial charge in [0.1, 0.15) is 11.4 Å².